The van der Waals surface area contributed by atoms with E-state index in [9.17, 15) is 4.79 Å². The molecule has 78 valence electrons. The maximum atomic E-state index is 10.9. The van der Waals surface area contributed by atoms with Crippen LogP contribution in [0, 0.1) is 0 Å². The van der Waals surface area contributed by atoms with Gasteiger partial charge in [-0.2, -0.15) is 0 Å². The van der Waals surface area contributed by atoms with E-state index in [2.05, 4.69) is 4.74 Å². The molecule has 5 nitrogen and oxygen atoms in total. The van der Waals surface area contributed by atoms with Gasteiger partial charge < -0.3 is 19.8 Å². The average molecular weight is 191 g/mol. The van der Waals surface area contributed by atoms with Gasteiger partial charge in [-0.15, -0.1) is 0 Å². The number of hydrogen-bond acceptors (Lipinski definition) is 5. The van der Waals surface area contributed by atoms with Crippen molar-refractivity contribution in [2.24, 2.45) is 0 Å². The molecule has 0 rings (SSSR count). The minimum atomic E-state index is -0.969. The van der Waals surface area contributed by atoms with Crippen molar-refractivity contribution in [2.45, 2.75) is 12.5 Å². The molecule has 0 aromatic rings. The number of carbonyl (C=O) groups excluding carboxylic acids is 1. The number of rotatable bonds is 6. The Hall–Kier alpha value is -0.650. The van der Waals surface area contributed by atoms with E-state index in [4.69, 9.17) is 10.2 Å². The van der Waals surface area contributed by atoms with Gasteiger partial charge in [0.25, 0.3) is 0 Å². The zero-order chi connectivity index (χ0) is 10.3. The first kappa shape index (κ1) is 12.3. The lowest BCUT2D eigenvalue weighted by Gasteiger charge is -2.10. The van der Waals surface area contributed by atoms with Gasteiger partial charge in [0.2, 0.25) is 0 Å². The first-order valence-electron chi connectivity index (χ1n) is 4.15. The summed E-state index contributed by atoms with van der Waals surface area (Å²) < 4.78 is 4.67. The van der Waals surface area contributed by atoms with Crippen molar-refractivity contribution in [2.75, 3.05) is 33.9 Å². The molecule has 0 aromatic carbocycles. The smallest absolute Gasteiger partial charge is 0.307 e. The molecule has 5 heteroatoms. The van der Waals surface area contributed by atoms with Crippen LogP contribution in [0.25, 0.3) is 0 Å². The van der Waals surface area contributed by atoms with Crippen LogP contribution in [0.3, 0.4) is 0 Å². The molecule has 0 aromatic heterocycles. The van der Waals surface area contributed by atoms with Gasteiger partial charge in [0, 0.05) is 6.54 Å². The van der Waals surface area contributed by atoms with Crippen molar-refractivity contribution >= 4 is 5.97 Å². The quantitative estimate of drug-likeness (QED) is 0.518. The zero-order valence-electron chi connectivity index (χ0n) is 8.06. The number of aliphatic hydroxyl groups is 2. The largest absolute Gasteiger partial charge is 0.463 e. The van der Waals surface area contributed by atoms with Crippen LogP contribution in [0.1, 0.15) is 6.42 Å². The van der Waals surface area contributed by atoms with Crippen LogP contribution >= 0.6 is 0 Å². The monoisotopic (exact) mass is 191 g/mol. The Morgan fingerprint density at radius 3 is 2.62 bits per heavy atom. The molecule has 0 aliphatic carbocycles. The van der Waals surface area contributed by atoms with E-state index in [-0.39, 0.29) is 19.2 Å². The van der Waals surface area contributed by atoms with Gasteiger partial charge in [-0.1, -0.05) is 0 Å². The van der Waals surface area contributed by atoms with Gasteiger partial charge in [0.05, 0.1) is 13.0 Å². The highest BCUT2D eigenvalue weighted by molar-refractivity contribution is 5.69. The van der Waals surface area contributed by atoms with Crippen molar-refractivity contribution in [3.05, 3.63) is 0 Å². The SMILES string of the molecule is CN(C)CCC(=O)OC[C@@H](O)CO. The second-order valence-corrected chi connectivity index (χ2v) is 3.07. The molecule has 0 unspecified atom stereocenters. The van der Waals surface area contributed by atoms with Crippen molar-refractivity contribution in [3.8, 4) is 0 Å². The second-order valence-electron chi connectivity index (χ2n) is 3.07. The van der Waals surface area contributed by atoms with Crippen molar-refractivity contribution < 1.29 is 19.7 Å². The zero-order valence-corrected chi connectivity index (χ0v) is 8.06. The molecule has 0 amide bonds. The summed E-state index contributed by atoms with van der Waals surface area (Å²) in [4.78, 5) is 12.8. The number of hydrogen-bond donors (Lipinski definition) is 2. The molecule has 0 spiro atoms. The Bertz CT molecular complexity index is 149. The van der Waals surface area contributed by atoms with E-state index in [0.29, 0.717) is 13.0 Å². The summed E-state index contributed by atoms with van der Waals surface area (Å²) in [5, 5.41) is 17.3. The Morgan fingerprint density at radius 2 is 2.15 bits per heavy atom. The van der Waals surface area contributed by atoms with E-state index in [1.807, 2.05) is 19.0 Å². The van der Waals surface area contributed by atoms with Crippen molar-refractivity contribution in [1.82, 2.24) is 4.90 Å². The highest BCUT2D eigenvalue weighted by Gasteiger charge is 2.07. The third-order valence-corrected chi connectivity index (χ3v) is 1.41. The van der Waals surface area contributed by atoms with Crippen molar-refractivity contribution in [1.29, 1.82) is 0 Å². The molecule has 0 bridgehead atoms. The van der Waals surface area contributed by atoms with E-state index in [1.165, 1.54) is 0 Å². The topological polar surface area (TPSA) is 70.0 Å². The van der Waals surface area contributed by atoms with Crippen molar-refractivity contribution in [3.63, 3.8) is 0 Å². The summed E-state index contributed by atoms with van der Waals surface area (Å²) in [7, 11) is 3.71. The molecular weight excluding hydrogens is 174 g/mol. The number of carbonyl (C=O) groups is 1. The van der Waals surface area contributed by atoms with E-state index >= 15 is 0 Å². The van der Waals surface area contributed by atoms with Gasteiger partial charge in [-0.05, 0) is 14.1 Å². The molecule has 0 aliphatic rings. The summed E-state index contributed by atoms with van der Waals surface area (Å²) in [6.45, 7) is 0.0950. The highest BCUT2D eigenvalue weighted by Crippen LogP contribution is 1.90. The first-order chi connectivity index (χ1) is 6.06. The Labute approximate surface area is 77.9 Å². The summed E-state index contributed by atoms with van der Waals surface area (Å²) in [6, 6.07) is 0. The summed E-state index contributed by atoms with van der Waals surface area (Å²) >= 11 is 0. The van der Waals surface area contributed by atoms with E-state index < -0.39 is 6.10 Å². The lowest BCUT2D eigenvalue weighted by molar-refractivity contribution is -0.147. The predicted molar refractivity (Wildman–Crippen MR) is 47.2 cm³/mol. The molecule has 0 radical (unpaired) electrons. The number of nitrogens with zero attached hydrogens (tertiary/aromatic N) is 1. The van der Waals surface area contributed by atoms with Gasteiger partial charge in [-0.25, -0.2) is 0 Å². The van der Waals surface area contributed by atoms with Gasteiger partial charge >= 0.3 is 5.97 Å². The molecule has 2 N–H and O–H groups in total. The molecule has 13 heavy (non-hydrogen) atoms. The molecule has 1 atom stereocenters. The number of aliphatic hydroxyl groups excluding tert-OH is 2. The van der Waals surface area contributed by atoms with E-state index in [1.54, 1.807) is 0 Å². The van der Waals surface area contributed by atoms with Crippen LogP contribution in [0.2, 0.25) is 0 Å². The Balaban J connectivity index is 3.40. The maximum Gasteiger partial charge on any atom is 0.307 e. The van der Waals surface area contributed by atoms with Crippen LogP contribution in [0.5, 0.6) is 0 Å². The van der Waals surface area contributed by atoms with Crippen LogP contribution in [0.4, 0.5) is 0 Å². The van der Waals surface area contributed by atoms with Gasteiger partial charge in [-0.3, -0.25) is 4.79 Å². The number of ether oxygens (including phenoxy) is 1. The Morgan fingerprint density at radius 1 is 1.54 bits per heavy atom. The molecular formula is C8H17NO4. The van der Waals surface area contributed by atoms with E-state index in [0.717, 1.165) is 0 Å². The standard InChI is InChI=1S/C8H17NO4/c1-9(2)4-3-8(12)13-6-7(11)5-10/h7,10-11H,3-6H2,1-2H3/t7-/m0/s1. The predicted octanol–water partition coefficient (Wildman–Crippen LogP) is -1.17. The third kappa shape index (κ3) is 7.70. The fourth-order valence-corrected chi connectivity index (χ4v) is 0.629. The molecule has 0 aliphatic heterocycles. The molecule has 0 fully saturated rings. The summed E-state index contributed by atoms with van der Waals surface area (Å²) in [5.74, 6) is -0.360. The normalized spacial score (nSPS) is 13.0. The minimum absolute atomic E-state index is 0.136. The minimum Gasteiger partial charge on any atom is -0.463 e. The average Bonchev–Trinajstić information content (AvgIpc) is 2.10. The molecule has 0 saturated carbocycles. The first-order valence-corrected chi connectivity index (χ1v) is 4.15. The number of esters is 1. The highest BCUT2D eigenvalue weighted by atomic mass is 16.5. The summed E-state index contributed by atoms with van der Waals surface area (Å²) in [5.41, 5.74) is 0. The van der Waals surface area contributed by atoms with Crippen LogP contribution in [-0.2, 0) is 9.53 Å². The third-order valence-electron chi connectivity index (χ3n) is 1.41. The molecule has 0 heterocycles. The fourth-order valence-electron chi connectivity index (χ4n) is 0.629. The van der Waals surface area contributed by atoms with Gasteiger partial charge in [0.15, 0.2) is 0 Å². The van der Waals surface area contributed by atoms with Gasteiger partial charge in [0.1, 0.15) is 12.7 Å². The molecule has 0 saturated heterocycles. The lowest BCUT2D eigenvalue weighted by atomic mass is 10.4. The maximum absolute atomic E-state index is 10.9. The fraction of sp³-hybridized carbons (Fsp3) is 0.875. The van der Waals surface area contributed by atoms with Crippen LogP contribution in [0.15, 0.2) is 0 Å². The lowest BCUT2D eigenvalue weighted by Crippen LogP contribution is -2.24. The van der Waals surface area contributed by atoms with Crippen LogP contribution in [-0.4, -0.2) is 61.0 Å². The Kier molecular flexibility index (Phi) is 6.48. The second kappa shape index (κ2) is 6.82. The van der Waals surface area contributed by atoms with Crippen LogP contribution < -0.4 is 0 Å². The summed E-state index contributed by atoms with van der Waals surface area (Å²) in [6.07, 6.45) is -0.672.